The molecule has 0 radical (unpaired) electrons. The first-order valence-corrected chi connectivity index (χ1v) is 7.38. The number of carbonyl (C=O) groups is 1. The van der Waals surface area contributed by atoms with Crippen molar-refractivity contribution >= 4 is 5.91 Å². The average Bonchev–Trinajstić information content (AvgIpc) is 2.42. The molecule has 1 aliphatic heterocycles. The fourth-order valence-corrected chi connectivity index (χ4v) is 2.53. The summed E-state index contributed by atoms with van der Waals surface area (Å²) < 4.78 is 18.6. The van der Waals surface area contributed by atoms with E-state index in [0.29, 0.717) is 19.0 Å². The first kappa shape index (κ1) is 15.8. The summed E-state index contributed by atoms with van der Waals surface area (Å²) in [6.07, 6.45) is 0. The van der Waals surface area contributed by atoms with Crippen LogP contribution >= 0.6 is 0 Å². The van der Waals surface area contributed by atoms with Crippen molar-refractivity contribution in [3.63, 3.8) is 0 Å². The molecule has 1 fully saturated rings. The minimum absolute atomic E-state index is 0.00861. The van der Waals surface area contributed by atoms with E-state index in [-0.39, 0.29) is 17.6 Å². The van der Waals surface area contributed by atoms with Crippen molar-refractivity contribution in [3.8, 4) is 5.75 Å². The van der Waals surface area contributed by atoms with Gasteiger partial charge in [0.2, 0.25) is 5.91 Å². The maximum Gasteiger partial charge on any atom is 0.226 e. The smallest absolute Gasteiger partial charge is 0.226 e. The summed E-state index contributed by atoms with van der Waals surface area (Å²) in [6.45, 7) is 6.79. The predicted octanol–water partition coefficient (Wildman–Crippen LogP) is 2.04. The molecule has 4 nitrogen and oxygen atoms in total. The molecular weight excluding hydrogens is 271 g/mol. The predicted molar refractivity (Wildman–Crippen MR) is 79.6 cm³/mol. The topological polar surface area (TPSA) is 41.6 Å². The van der Waals surface area contributed by atoms with Crippen molar-refractivity contribution in [3.05, 3.63) is 29.6 Å². The Balaban J connectivity index is 2.04. The highest BCUT2D eigenvalue weighted by atomic mass is 19.1. The second-order valence-electron chi connectivity index (χ2n) is 5.53. The van der Waals surface area contributed by atoms with Crippen LogP contribution in [0.25, 0.3) is 0 Å². The third kappa shape index (κ3) is 3.53. The van der Waals surface area contributed by atoms with Gasteiger partial charge in [-0.1, -0.05) is 13.0 Å². The minimum atomic E-state index is -0.394. The van der Waals surface area contributed by atoms with Gasteiger partial charge >= 0.3 is 0 Å². The lowest BCUT2D eigenvalue weighted by Crippen LogP contribution is -2.50. The van der Waals surface area contributed by atoms with Gasteiger partial charge in [-0.05, 0) is 43.6 Å². The van der Waals surface area contributed by atoms with E-state index in [4.69, 9.17) is 4.74 Å². The van der Waals surface area contributed by atoms with Gasteiger partial charge in [0.1, 0.15) is 0 Å². The molecule has 0 bridgehead atoms. The van der Waals surface area contributed by atoms with Gasteiger partial charge in [0.15, 0.2) is 11.6 Å². The Bertz CT molecular complexity index is 503. The Kier molecular flexibility index (Phi) is 5.17. The fraction of sp³-hybridized carbons (Fsp3) is 0.562. The molecule has 1 aliphatic rings. The second-order valence-corrected chi connectivity index (χ2v) is 5.53. The van der Waals surface area contributed by atoms with Crippen molar-refractivity contribution in [2.24, 2.45) is 11.8 Å². The van der Waals surface area contributed by atoms with Crippen LogP contribution in [0.15, 0.2) is 18.2 Å². The molecule has 1 unspecified atom stereocenters. The average molecular weight is 294 g/mol. The van der Waals surface area contributed by atoms with Crippen LogP contribution in [0.3, 0.4) is 0 Å². The van der Waals surface area contributed by atoms with E-state index in [1.807, 2.05) is 13.8 Å². The van der Waals surface area contributed by atoms with Gasteiger partial charge < -0.3 is 15.0 Å². The van der Waals surface area contributed by atoms with Crippen molar-refractivity contribution in [1.29, 1.82) is 0 Å². The van der Waals surface area contributed by atoms with Crippen LogP contribution in [0.5, 0.6) is 5.75 Å². The standard InChI is InChI=1S/C16H23FN2O2/c1-4-19(16(20)11(2)13-8-18-9-13)10-12-5-6-15(21-3)14(17)7-12/h5-7,11,13,18H,4,8-10H2,1-3H3. The summed E-state index contributed by atoms with van der Waals surface area (Å²) in [5.41, 5.74) is 0.780. The Labute approximate surface area is 125 Å². The van der Waals surface area contributed by atoms with Crippen LogP contribution in [0, 0.1) is 17.7 Å². The van der Waals surface area contributed by atoms with E-state index in [2.05, 4.69) is 5.32 Å². The molecule has 1 amide bonds. The molecule has 116 valence electrons. The summed E-state index contributed by atoms with van der Waals surface area (Å²) in [7, 11) is 1.44. The molecular formula is C16H23FN2O2. The monoisotopic (exact) mass is 294 g/mol. The number of hydrogen-bond acceptors (Lipinski definition) is 3. The van der Waals surface area contributed by atoms with Crippen LogP contribution in [0.1, 0.15) is 19.4 Å². The van der Waals surface area contributed by atoms with Crippen LogP contribution < -0.4 is 10.1 Å². The fourth-order valence-electron chi connectivity index (χ4n) is 2.53. The van der Waals surface area contributed by atoms with Crippen LogP contribution in [-0.2, 0) is 11.3 Å². The highest BCUT2D eigenvalue weighted by Gasteiger charge is 2.31. The lowest BCUT2D eigenvalue weighted by atomic mass is 9.88. The van der Waals surface area contributed by atoms with Crippen LogP contribution in [0.2, 0.25) is 0 Å². The number of nitrogens with zero attached hydrogens (tertiary/aromatic N) is 1. The number of hydrogen-bond donors (Lipinski definition) is 1. The van der Waals surface area contributed by atoms with Gasteiger partial charge in [-0.25, -0.2) is 4.39 Å². The second kappa shape index (κ2) is 6.89. The molecule has 1 saturated heterocycles. The van der Waals surface area contributed by atoms with Crippen molar-refractivity contribution < 1.29 is 13.9 Å². The molecule has 1 N–H and O–H groups in total. The summed E-state index contributed by atoms with van der Waals surface area (Å²) in [5, 5.41) is 3.19. The number of nitrogens with one attached hydrogen (secondary N) is 1. The first-order chi connectivity index (χ1) is 10.1. The van der Waals surface area contributed by atoms with E-state index in [9.17, 15) is 9.18 Å². The molecule has 2 rings (SSSR count). The molecule has 1 atom stereocenters. The minimum Gasteiger partial charge on any atom is -0.494 e. The lowest BCUT2D eigenvalue weighted by molar-refractivity contribution is -0.137. The number of benzene rings is 1. The zero-order valence-electron chi connectivity index (χ0n) is 12.9. The Morgan fingerprint density at radius 2 is 2.24 bits per heavy atom. The number of amides is 1. The van der Waals surface area contributed by atoms with Crippen molar-refractivity contribution in [2.45, 2.75) is 20.4 Å². The number of halogens is 1. The summed E-state index contributed by atoms with van der Waals surface area (Å²) in [6, 6.07) is 4.83. The molecule has 0 saturated carbocycles. The molecule has 0 aliphatic carbocycles. The van der Waals surface area contributed by atoms with Gasteiger partial charge in [0.25, 0.3) is 0 Å². The van der Waals surface area contributed by atoms with E-state index >= 15 is 0 Å². The van der Waals surface area contributed by atoms with E-state index in [1.165, 1.54) is 13.2 Å². The van der Waals surface area contributed by atoms with E-state index < -0.39 is 5.82 Å². The Morgan fingerprint density at radius 1 is 1.52 bits per heavy atom. The first-order valence-electron chi connectivity index (χ1n) is 7.38. The van der Waals surface area contributed by atoms with Gasteiger partial charge in [0.05, 0.1) is 7.11 Å². The quantitative estimate of drug-likeness (QED) is 0.873. The van der Waals surface area contributed by atoms with E-state index in [1.54, 1.807) is 17.0 Å². The summed E-state index contributed by atoms with van der Waals surface area (Å²) in [5.74, 6) is 0.394. The zero-order chi connectivity index (χ0) is 15.4. The highest BCUT2D eigenvalue weighted by molar-refractivity contribution is 5.79. The van der Waals surface area contributed by atoms with Gasteiger partial charge in [-0.2, -0.15) is 0 Å². The Hall–Kier alpha value is -1.62. The number of methoxy groups -OCH3 is 1. The van der Waals surface area contributed by atoms with Crippen molar-refractivity contribution in [1.82, 2.24) is 10.2 Å². The van der Waals surface area contributed by atoms with Crippen LogP contribution in [0.4, 0.5) is 4.39 Å². The molecule has 1 aromatic rings. The molecule has 0 spiro atoms. The van der Waals surface area contributed by atoms with E-state index in [0.717, 1.165) is 18.7 Å². The molecule has 0 aromatic heterocycles. The number of ether oxygens (including phenoxy) is 1. The maximum atomic E-state index is 13.7. The van der Waals surface area contributed by atoms with Crippen LogP contribution in [-0.4, -0.2) is 37.6 Å². The third-order valence-corrected chi connectivity index (χ3v) is 4.19. The number of rotatable bonds is 6. The zero-order valence-corrected chi connectivity index (χ0v) is 12.9. The van der Waals surface area contributed by atoms with Gasteiger partial charge in [0, 0.05) is 19.0 Å². The largest absolute Gasteiger partial charge is 0.494 e. The van der Waals surface area contributed by atoms with Gasteiger partial charge in [-0.15, -0.1) is 0 Å². The van der Waals surface area contributed by atoms with Crippen molar-refractivity contribution in [2.75, 3.05) is 26.7 Å². The third-order valence-electron chi connectivity index (χ3n) is 4.19. The molecule has 21 heavy (non-hydrogen) atoms. The summed E-state index contributed by atoms with van der Waals surface area (Å²) in [4.78, 5) is 14.3. The number of carbonyl (C=O) groups excluding carboxylic acids is 1. The molecule has 1 heterocycles. The normalized spacial score (nSPS) is 16.2. The lowest BCUT2D eigenvalue weighted by Gasteiger charge is -2.34. The van der Waals surface area contributed by atoms with Gasteiger partial charge in [-0.3, -0.25) is 4.79 Å². The summed E-state index contributed by atoms with van der Waals surface area (Å²) >= 11 is 0. The SMILES string of the molecule is CCN(Cc1ccc(OC)c(F)c1)C(=O)C(C)C1CNC1. The highest BCUT2D eigenvalue weighted by Crippen LogP contribution is 2.22. The Morgan fingerprint density at radius 3 is 2.71 bits per heavy atom. The molecule has 1 aromatic carbocycles. The maximum absolute atomic E-state index is 13.7. The molecule has 5 heteroatoms.